The van der Waals surface area contributed by atoms with Crippen LogP contribution in [0.5, 0.6) is 11.5 Å². The number of benzene rings is 1. The van der Waals surface area contributed by atoms with Gasteiger partial charge in [0.1, 0.15) is 0 Å². The second-order valence-electron chi connectivity index (χ2n) is 7.57. The summed E-state index contributed by atoms with van der Waals surface area (Å²) >= 11 is 1.64. The van der Waals surface area contributed by atoms with Gasteiger partial charge in [0.2, 0.25) is 0 Å². The third-order valence-corrected chi connectivity index (χ3v) is 6.01. The summed E-state index contributed by atoms with van der Waals surface area (Å²) in [5, 5.41) is 17.9. The molecule has 3 heterocycles. The van der Waals surface area contributed by atoms with Crippen LogP contribution in [0.2, 0.25) is 0 Å². The Labute approximate surface area is 184 Å². The van der Waals surface area contributed by atoms with E-state index in [-0.39, 0.29) is 17.7 Å². The van der Waals surface area contributed by atoms with E-state index in [1.807, 2.05) is 43.7 Å². The van der Waals surface area contributed by atoms with Gasteiger partial charge in [-0.25, -0.2) is 9.67 Å². The number of thiophene rings is 1. The van der Waals surface area contributed by atoms with Crippen molar-refractivity contribution < 1.29 is 14.6 Å². The van der Waals surface area contributed by atoms with E-state index in [1.165, 1.54) is 12.0 Å². The summed E-state index contributed by atoms with van der Waals surface area (Å²) in [6.45, 7) is 6.41. The van der Waals surface area contributed by atoms with Gasteiger partial charge < -0.3 is 15.2 Å². The molecule has 0 saturated carbocycles. The van der Waals surface area contributed by atoms with Crippen molar-refractivity contribution in [3.63, 3.8) is 0 Å². The van der Waals surface area contributed by atoms with Crippen LogP contribution in [0.1, 0.15) is 40.7 Å². The Morgan fingerprint density at radius 2 is 2.06 bits per heavy atom. The number of hydrogen-bond acceptors (Lipinski definition) is 6. The van der Waals surface area contributed by atoms with E-state index >= 15 is 0 Å². The Hall–Kier alpha value is -3.39. The molecule has 4 rings (SSSR count). The summed E-state index contributed by atoms with van der Waals surface area (Å²) < 4.78 is 6.98. The zero-order valence-electron chi connectivity index (χ0n) is 17.8. The molecular weight excluding hydrogens is 412 g/mol. The number of phenols is 1. The molecule has 0 fully saturated rings. The van der Waals surface area contributed by atoms with Crippen molar-refractivity contribution in [2.75, 3.05) is 7.11 Å². The van der Waals surface area contributed by atoms with Gasteiger partial charge in [-0.3, -0.25) is 4.79 Å². The van der Waals surface area contributed by atoms with Gasteiger partial charge in [-0.05, 0) is 56.7 Å². The molecule has 3 aromatic heterocycles. The monoisotopic (exact) mass is 436 g/mol. The lowest BCUT2D eigenvalue weighted by atomic mass is 10.1. The first-order chi connectivity index (χ1) is 14.9. The largest absolute Gasteiger partial charge is 0.504 e. The van der Waals surface area contributed by atoms with Crippen LogP contribution in [-0.2, 0) is 6.54 Å². The molecule has 0 bridgehead atoms. The molecular formula is C23H24N4O3S. The number of pyridine rings is 1. The predicted octanol–water partition coefficient (Wildman–Crippen LogP) is 4.69. The Kier molecular flexibility index (Phi) is 5.65. The number of ether oxygens (including phenoxy) is 1. The summed E-state index contributed by atoms with van der Waals surface area (Å²) in [6, 6.07) is 11.0. The number of carbonyl (C=O) groups excluding carboxylic acids is 1. The Morgan fingerprint density at radius 3 is 2.74 bits per heavy atom. The molecule has 31 heavy (non-hydrogen) atoms. The normalized spacial score (nSPS) is 11.3. The summed E-state index contributed by atoms with van der Waals surface area (Å²) in [5.41, 5.74) is 2.79. The van der Waals surface area contributed by atoms with Crippen molar-refractivity contribution in [3.8, 4) is 22.1 Å². The molecule has 8 heteroatoms. The van der Waals surface area contributed by atoms with Gasteiger partial charge >= 0.3 is 0 Å². The number of amides is 1. The lowest BCUT2D eigenvalue weighted by molar-refractivity contribution is 0.0952. The van der Waals surface area contributed by atoms with Gasteiger partial charge in [0.05, 0.1) is 34.8 Å². The first-order valence-electron chi connectivity index (χ1n) is 9.96. The number of nitrogens with one attached hydrogen (secondary N) is 1. The fourth-order valence-corrected chi connectivity index (χ4v) is 4.22. The van der Waals surface area contributed by atoms with Crippen LogP contribution < -0.4 is 10.1 Å². The molecule has 2 N–H and O–H groups in total. The number of aromatic hydroxyl groups is 1. The van der Waals surface area contributed by atoms with Crippen molar-refractivity contribution >= 4 is 28.3 Å². The van der Waals surface area contributed by atoms with Crippen LogP contribution in [-0.4, -0.2) is 32.9 Å². The molecule has 0 aliphatic rings. The second kappa shape index (κ2) is 8.39. The number of aryl methyl sites for hydroxylation is 1. The number of aromatic nitrogens is 3. The van der Waals surface area contributed by atoms with Crippen LogP contribution in [0.15, 0.2) is 42.6 Å². The smallest absolute Gasteiger partial charge is 0.252 e. The van der Waals surface area contributed by atoms with E-state index in [0.717, 1.165) is 16.1 Å². The highest BCUT2D eigenvalue weighted by Gasteiger charge is 2.19. The fourth-order valence-electron chi connectivity index (χ4n) is 3.39. The number of hydrogen-bond donors (Lipinski definition) is 2. The predicted molar refractivity (Wildman–Crippen MR) is 122 cm³/mol. The van der Waals surface area contributed by atoms with Gasteiger partial charge in [0.25, 0.3) is 5.91 Å². The van der Waals surface area contributed by atoms with Gasteiger partial charge in [-0.15, -0.1) is 11.3 Å². The maximum Gasteiger partial charge on any atom is 0.252 e. The molecule has 0 spiro atoms. The van der Waals surface area contributed by atoms with Crippen molar-refractivity contribution in [2.24, 2.45) is 0 Å². The third kappa shape index (κ3) is 4.11. The number of nitrogens with zero attached hydrogens (tertiary/aromatic N) is 3. The van der Waals surface area contributed by atoms with Crippen LogP contribution >= 0.6 is 11.3 Å². The van der Waals surface area contributed by atoms with Crippen molar-refractivity contribution in [2.45, 2.75) is 33.4 Å². The SMILES string of the molecule is COc1cc(CNC(=O)c2cc(-c3ccc(C)s3)nc3c2cnn3C(C)C)ccc1O. The highest BCUT2D eigenvalue weighted by molar-refractivity contribution is 7.15. The number of methoxy groups -OCH3 is 1. The lowest BCUT2D eigenvalue weighted by Crippen LogP contribution is -2.23. The van der Waals surface area contributed by atoms with Crippen molar-refractivity contribution in [1.29, 1.82) is 0 Å². The molecule has 0 aliphatic carbocycles. The Morgan fingerprint density at radius 1 is 1.26 bits per heavy atom. The maximum atomic E-state index is 13.2. The number of rotatable bonds is 6. The van der Waals surface area contributed by atoms with Gasteiger partial charge in [-0.2, -0.15) is 5.10 Å². The quantitative estimate of drug-likeness (QED) is 0.458. The third-order valence-electron chi connectivity index (χ3n) is 4.99. The summed E-state index contributed by atoms with van der Waals surface area (Å²) in [6.07, 6.45) is 1.70. The molecule has 1 amide bonds. The summed E-state index contributed by atoms with van der Waals surface area (Å²) in [5.74, 6) is 0.217. The number of phenolic OH excluding ortho intramolecular Hbond substituents is 1. The van der Waals surface area contributed by atoms with Crippen molar-refractivity contribution in [3.05, 3.63) is 58.6 Å². The van der Waals surface area contributed by atoms with Gasteiger partial charge in [-0.1, -0.05) is 6.07 Å². The summed E-state index contributed by atoms with van der Waals surface area (Å²) in [4.78, 5) is 20.2. The van der Waals surface area contributed by atoms with Crippen LogP contribution in [0.25, 0.3) is 21.6 Å². The highest BCUT2D eigenvalue weighted by atomic mass is 32.1. The van der Waals surface area contributed by atoms with E-state index in [1.54, 1.807) is 35.7 Å². The standard InChI is InChI=1S/C23H24N4O3S/c1-13(2)27-22-17(12-25-27)16(10-18(26-22)21-8-5-14(3)31-21)23(29)24-11-15-6-7-19(28)20(9-15)30-4/h5-10,12-13,28H,11H2,1-4H3,(H,24,29). The van der Waals surface area contributed by atoms with E-state index in [0.29, 0.717) is 28.9 Å². The molecule has 4 aromatic rings. The minimum atomic E-state index is -0.211. The van der Waals surface area contributed by atoms with E-state index in [9.17, 15) is 9.90 Å². The zero-order chi connectivity index (χ0) is 22.1. The van der Waals surface area contributed by atoms with E-state index < -0.39 is 0 Å². The van der Waals surface area contributed by atoms with Crippen molar-refractivity contribution in [1.82, 2.24) is 20.1 Å². The first-order valence-corrected chi connectivity index (χ1v) is 10.8. The first kappa shape index (κ1) is 20.9. The van der Waals surface area contributed by atoms with Crippen LogP contribution in [0, 0.1) is 6.92 Å². The molecule has 0 saturated heterocycles. The minimum absolute atomic E-state index is 0.0606. The van der Waals surface area contributed by atoms with E-state index in [2.05, 4.69) is 10.4 Å². The fraction of sp³-hybridized carbons (Fsp3) is 0.261. The average molecular weight is 437 g/mol. The van der Waals surface area contributed by atoms with E-state index in [4.69, 9.17) is 9.72 Å². The minimum Gasteiger partial charge on any atom is -0.504 e. The van der Waals surface area contributed by atoms with Crippen LogP contribution in [0.4, 0.5) is 0 Å². The average Bonchev–Trinajstić information content (AvgIpc) is 3.38. The molecule has 0 aliphatic heterocycles. The second-order valence-corrected chi connectivity index (χ2v) is 8.86. The number of fused-ring (bicyclic) bond motifs is 1. The maximum absolute atomic E-state index is 13.2. The summed E-state index contributed by atoms with van der Waals surface area (Å²) in [7, 11) is 1.49. The van der Waals surface area contributed by atoms with Crippen LogP contribution in [0.3, 0.4) is 0 Å². The number of carbonyl (C=O) groups is 1. The topological polar surface area (TPSA) is 89.3 Å². The Balaban J connectivity index is 1.70. The lowest BCUT2D eigenvalue weighted by Gasteiger charge is -2.11. The van der Waals surface area contributed by atoms with Gasteiger partial charge in [0.15, 0.2) is 17.1 Å². The molecule has 1 aromatic carbocycles. The Bertz CT molecular complexity index is 1260. The molecule has 0 unspecified atom stereocenters. The van der Waals surface area contributed by atoms with Gasteiger partial charge in [0, 0.05) is 17.5 Å². The molecule has 0 radical (unpaired) electrons. The highest BCUT2D eigenvalue weighted by Crippen LogP contribution is 2.31. The molecule has 0 atom stereocenters. The zero-order valence-corrected chi connectivity index (χ0v) is 18.7. The molecule has 160 valence electrons. The molecule has 7 nitrogen and oxygen atoms in total.